The minimum Gasteiger partial charge on any atom is -0.279 e. The Kier molecular flexibility index (Phi) is 6.12. The number of hydrogen-bond acceptors (Lipinski definition) is 6. The van der Waals surface area contributed by atoms with Crippen molar-refractivity contribution in [3.63, 3.8) is 0 Å². The predicted octanol–water partition coefficient (Wildman–Crippen LogP) is 4.46. The lowest BCUT2D eigenvalue weighted by Crippen LogP contribution is -2.14. The molecule has 0 radical (unpaired) electrons. The number of rotatable bonds is 7. The molecule has 0 saturated heterocycles. The molecule has 0 aliphatic rings. The molecule has 0 aliphatic heterocycles. The average molecular weight is 424 g/mol. The van der Waals surface area contributed by atoms with Gasteiger partial charge in [-0.1, -0.05) is 48.0 Å². The first-order chi connectivity index (χ1) is 14.3. The summed E-state index contributed by atoms with van der Waals surface area (Å²) in [7, 11) is -4.01. The molecular weight excluding hydrogens is 404 g/mol. The lowest BCUT2D eigenvalue weighted by atomic mass is 10.1. The minimum atomic E-state index is -4.01. The summed E-state index contributed by atoms with van der Waals surface area (Å²) in [5.74, 6) is 0. The van der Waals surface area contributed by atoms with Crippen LogP contribution < -0.4 is 10.1 Å². The number of nitrogens with one attached hydrogen (secondary N) is 2. The highest BCUT2D eigenvalue weighted by Crippen LogP contribution is 2.29. The van der Waals surface area contributed by atoms with Gasteiger partial charge >= 0.3 is 0 Å². The van der Waals surface area contributed by atoms with Gasteiger partial charge in [0.05, 0.1) is 21.7 Å². The molecule has 9 heteroatoms. The standard InChI is InChI=1S/C21H20N4O4S/c1-15-8-10-19(16(2)12-15)24-30(28,29)18-9-11-20(21(13-18)25(26)27)23-22-14-17-6-4-3-5-7-17/h3-14,23-24H,1-2H3. The number of sulfonamides is 1. The third-order valence-electron chi connectivity index (χ3n) is 4.30. The van der Waals surface area contributed by atoms with Crippen molar-refractivity contribution >= 4 is 33.3 Å². The van der Waals surface area contributed by atoms with Gasteiger partial charge in [0.15, 0.2) is 0 Å². The average Bonchev–Trinajstić information content (AvgIpc) is 2.71. The Balaban J connectivity index is 1.86. The smallest absolute Gasteiger partial charge is 0.279 e. The van der Waals surface area contributed by atoms with Crippen molar-refractivity contribution < 1.29 is 13.3 Å². The van der Waals surface area contributed by atoms with Gasteiger partial charge in [-0.05, 0) is 43.2 Å². The van der Waals surface area contributed by atoms with Crippen LogP contribution in [-0.4, -0.2) is 19.6 Å². The number of anilines is 2. The molecule has 0 saturated carbocycles. The molecule has 0 unspecified atom stereocenters. The molecular formula is C21H20N4O4S. The molecule has 0 bridgehead atoms. The highest BCUT2D eigenvalue weighted by Gasteiger charge is 2.22. The van der Waals surface area contributed by atoms with E-state index < -0.39 is 20.6 Å². The molecule has 2 N–H and O–H groups in total. The van der Waals surface area contributed by atoms with E-state index in [4.69, 9.17) is 0 Å². The number of hydrazone groups is 1. The van der Waals surface area contributed by atoms with Gasteiger partial charge in [0.1, 0.15) is 5.69 Å². The molecule has 0 atom stereocenters. The molecule has 154 valence electrons. The van der Waals surface area contributed by atoms with Gasteiger partial charge in [0.25, 0.3) is 15.7 Å². The summed E-state index contributed by atoms with van der Waals surface area (Å²) in [6, 6.07) is 18.1. The number of nitro benzene ring substituents is 1. The number of aryl methyl sites for hydroxylation is 2. The SMILES string of the molecule is Cc1ccc(NS(=O)(=O)c2ccc(NN=Cc3ccccc3)c([N+](=O)[O-])c2)c(C)c1. The summed E-state index contributed by atoms with van der Waals surface area (Å²) in [5, 5.41) is 15.5. The summed E-state index contributed by atoms with van der Waals surface area (Å²) < 4.78 is 28.0. The van der Waals surface area contributed by atoms with Gasteiger partial charge in [-0.3, -0.25) is 20.3 Å². The van der Waals surface area contributed by atoms with Gasteiger partial charge in [-0.2, -0.15) is 5.10 Å². The van der Waals surface area contributed by atoms with Gasteiger partial charge in [-0.25, -0.2) is 8.42 Å². The van der Waals surface area contributed by atoms with Gasteiger partial charge in [0, 0.05) is 6.07 Å². The van der Waals surface area contributed by atoms with Crippen LogP contribution in [0.15, 0.2) is 76.7 Å². The van der Waals surface area contributed by atoms with E-state index in [9.17, 15) is 18.5 Å². The third kappa shape index (κ3) is 5.00. The maximum Gasteiger partial charge on any atom is 0.295 e. The van der Waals surface area contributed by atoms with Crippen molar-refractivity contribution in [2.75, 3.05) is 10.1 Å². The number of nitrogens with zero attached hydrogens (tertiary/aromatic N) is 2. The second-order valence-corrected chi connectivity index (χ2v) is 8.32. The zero-order chi connectivity index (χ0) is 21.7. The van der Waals surface area contributed by atoms with Crippen LogP contribution in [0.25, 0.3) is 0 Å². The summed E-state index contributed by atoms with van der Waals surface area (Å²) in [6.07, 6.45) is 1.51. The number of benzene rings is 3. The number of hydrogen-bond donors (Lipinski definition) is 2. The first-order valence-electron chi connectivity index (χ1n) is 8.99. The first kappa shape index (κ1) is 21.0. The minimum absolute atomic E-state index is 0.0812. The zero-order valence-electron chi connectivity index (χ0n) is 16.4. The third-order valence-corrected chi connectivity index (χ3v) is 5.66. The summed E-state index contributed by atoms with van der Waals surface area (Å²) in [6.45, 7) is 3.69. The van der Waals surface area contributed by atoms with Gasteiger partial charge < -0.3 is 0 Å². The summed E-state index contributed by atoms with van der Waals surface area (Å²) in [5.41, 5.74) is 5.25. The van der Waals surface area contributed by atoms with Crippen molar-refractivity contribution in [1.82, 2.24) is 0 Å². The van der Waals surface area contributed by atoms with E-state index in [2.05, 4.69) is 15.2 Å². The van der Waals surface area contributed by atoms with Gasteiger partial charge in [-0.15, -0.1) is 0 Å². The summed E-state index contributed by atoms with van der Waals surface area (Å²) >= 11 is 0. The van der Waals surface area contributed by atoms with Crippen LogP contribution in [0.1, 0.15) is 16.7 Å². The maximum atomic E-state index is 12.7. The molecule has 3 rings (SSSR count). The highest BCUT2D eigenvalue weighted by atomic mass is 32.2. The van der Waals surface area contributed by atoms with Crippen molar-refractivity contribution in [1.29, 1.82) is 0 Å². The fourth-order valence-corrected chi connectivity index (χ4v) is 3.92. The van der Waals surface area contributed by atoms with Crippen molar-refractivity contribution in [2.45, 2.75) is 18.7 Å². The Morgan fingerprint density at radius 3 is 2.33 bits per heavy atom. The van der Waals surface area contributed by atoms with E-state index >= 15 is 0 Å². The van der Waals surface area contributed by atoms with Crippen LogP contribution in [0.5, 0.6) is 0 Å². The Labute approximate surface area is 174 Å². The van der Waals surface area contributed by atoms with Crippen LogP contribution in [0.2, 0.25) is 0 Å². The maximum absolute atomic E-state index is 12.7. The molecule has 0 heterocycles. The van der Waals surface area contributed by atoms with E-state index in [-0.39, 0.29) is 10.6 Å². The van der Waals surface area contributed by atoms with E-state index in [0.29, 0.717) is 5.69 Å². The molecule has 0 aliphatic carbocycles. The lowest BCUT2D eigenvalue weighted by Gasteiger charge is -2.12. The van der Waals surface area contributed by atoms with E-state index in [0.717, 1.165) is 22.8 Å². The molecule has 0 amide bonds. The fraction of sp³-hybridized carbons (Fsp3) is 0.0952. The normalized spacial score (nSPS) is 11.4. The van der Waals surface area contributed by atoms with Crippen molar-refractivity contribution in [3.8, 4) is 0 Å². The van der Waals surface area contributed by atoms with Crippen LogP contribution in [0.4, 0.5) is 17.1 Å². The quantitative estimate of drug-likeness (QED) is 0.330. The first-order valence-corrected chi connectivity index (χ1v) is 10.5. The van der Waals surface area contributed by atoms with Crippen LogP contribution in [0.3, 0.4) is 0 Å². The highest BCUT2D eigenvalue weighted by molar-refractivity contribution is 7.92. The second kappa shape index (κ2) is 8.75. The second-order valence-electron chi connectivity index (χ2n) is 6.64. The van der Waals surface area contributed by atoms with Crippen molar-refractivity contribution in [3.05, 3.63) is 93.5 Å². The Morgan fingerprint density at radius 1 is 0.967 bits per heavy atom. The molecule has 3 aromatic carbocycles. The molecule has 0 aromatic heterocycles. The van der Waals surface area contributed by atoms with Crippen LogP contribution in [-0.2, 0) is 10.0 Å². The van der Waals surface area contributed by atoms with Crippen LogP contribution in [0, 0.1) is 24.0 Å². The molecule has 0 fully saturated rings. The number of nitro groups is 1. The van der Waals surface area contributed by atoms with E-state index in [1.54, 1.807) is 19.1 Å². The summed E-state index contributed by atoms with van der Waals surface area (Å²) in [4.78, 5) is 10.6. The topological polar surface area (TPSA) is 114 Å². The molecule has 0 spiro atoms. The Bertz CT molecular complexity index is 1210. The molecule has 3 aromatic rings. The van der Waals surface area contributed by atoms with Crippen molar-refractivity contribution in [2.24, 2.45) is 5.10 Å². The fourth-order valence-electron chi connectivity index (χ4n) is 2.77. The largest absolute Gasteiger partial charge is 0.295 e. The predicted molar refractivity (Wildman–Crippen MR) is 117 cm³/mol. The van der Waals surface area contributed by atoms with E-state index in [1.807, 2.05) is 43.3 Å². The zero-order valence-corrected chi connectivity index (χ0v) is 17.2. The van der Waals surface area contributed by atoms with E-state index in [1.165, 1.54) is 18.3 Å². The lowest BCUT2D eigenvalue weighted by molar-refractivity contribution is -0.384. The van der Waals surface area contributed by atoms with Gasteiger partial charge in [0.2, 0.25) is 0 Å². The Hall–Kier alpha value is -3.72. The molecule has 30 heavy (non-hydrogen) atoms. The van der Waals surface area contributed by atoms with Crippen LogP contribution >= 0.6 is 0 Å². The molecule has 8 nitrogen and oxygen atoms in total. The Morgan fingerprint density at radius 2 is 1.67 bits per heavy atom. The monoisotopic (exact) mass is 424 g/mol.